The van der Waals surface area contributed by atoms with E-state index in [0.717, 1.165) is 50.8 Å². The minimum Gasteiger partial charge on any atom is -0.294 e. The Balaban J connectivity index is 2.17. The van der Waals surface area contributed by atoms with Crippen LogP contribution in [0.1, 0.15) is 72.3 Å². The van der Waals surface area contributed by atoms with Crippen LogP contribution in [-0.4, -0.2) is 30.9 Å². The van der Waals surface area contributed by atoms with Crippen LogP contribution in [-0.2, 0) is 13.6 Å². The third kappa shape index (κ3) is 3.40. The Morgan fingerprint density at radius 1 is 1.00 bits per heavy atom. The first kappa shape index (κ1) is 20.4. The lowest BCUT2D eigenvalue weighted by atomic mass is 10.2. The number of imidazole rings is 1. The molecule has 0 radical (unpaired) electrons. The average Bonchev–Trinajstić information content (AvgIpc) is 3.08. The summed E-state index contributed by atoms with van der Waals surface area (Å²) in [7, 11) is 1.69. The first-order valence-electron chi connectivity index (χ1n) is 10.5. The van der Waals surface area contributed by atoms with Gasteiger partial charge in [-0.1, -0.05) is 39.5 Å². The second-order valence-corrected chi connectivity index (χ2v) is 7.71. The van der Waals surface area contributed by atoms with E-state index in [1.54, 1.807) is 7.05 Å². The van der Waals surface area contributed by atoms with E-state index in [9.17, 15) is 9.59 Å². The number of rotatable bonds is 8. The molecule has 0 bridgehead atoms. The van der Waals surface area contributed by atoms with Crippen molar-refractivity contribution in [2.45, 2.75) is 78.8 Å². The Morgan fingerprint density at radius 2 is 1.64 bits per heavy atom. The fraction of sp³-hybridized carbons (Fsp3) is 0.700. The molecule has 0 spiro atoms. The van der Waals surface area contributed by atoms with Crippen molar-refractivity contribution in [2.75, 3.05) is 11.6 Å². The number of fused-ring (bicyclic) bond motifs is 3. The zero-order valence-corrected chi connectivity index (χ0v) is 17.7. The molecule has 0 fully saturated rings. The van der Waals surface area contributed by atoms with Gasteiger partial charge in [0.25, 0.3) is 5.56 Å². The highest BCUT2D eigenvalue weighted by molar-refractivity contribution is 5.91. The fourth-order valence-corrected chi connectivity index (χ4v) is 3.76. The number of hydrogen-bond donors (Lipinski definition) is 0. The van der Waals surface area contributed by atoms with Crippen LogP contribution in [0.2, 0.25) is 0 Å². The van der Waals surface area contributed by atoms with Gasteiger partial charge in [-0.2, -0.15) is 10.1 Å². The van der Waals surface area contributed by atoms with Crippen LogP contribution in [0, 0.1) is 0 Å². The molecule has 1 aliphatic rings. The van der Waals surface area contributed by atoms with Gasteiger partial charge in [0.05, 0.1) is 11.8 Å². The van der Waals surface area contributed by atoms with Crippen LogP contribution in [0.4, 0.5) is 5.95 Å². The van der Waals surface area contributed by atoms with E-state index >= 15 is 0 Å². The van der Waals surface area contributed by atoms with Gasteiger partial charge in [0.15, 0.2) is 11.2 Å². The summed E-state index contributed by atoms with van der Waals surface area (Å²) >= 11 is 0. The van der Waals surface area contributed by atoms with E-state index in [1.165, 1.54) is 9.13 Å². The largest absolute Gasteiger partial charge is 0.332 e. The van der Waals surface area contributed by atoms with Crippen molar-refractivity contribution in [1.82, 2.24) is 18.7 Å². The Morgan fingerprint density at radius 3 is 2.29 bits per heavy atom. The molecule has 8 nitrogen and oxygen atoms in total. The molecule has 0 N–H and O–H groups in total. The first-order valence-corrected chi connectivity index (χ1v) is 10.5. The van der Waals surface area contributed by atoms with Crippen molar-refractivity contribution in [1.29, 1.82) is 0 Å². The van der Waals surface area contributed by atoms with Crippen LogP contribution < -0.4 is 16.3 Å². The molecule has 0 aromatic carbocycles. The average molecular weight is 389 g/mol. The summed E-state index contributed by atoms with van der Waals surface area (Å²) in [5.74, 6) is 0.655. The molecule has 0 saturated heterocycles. The van der Waals surface area contributed by atoms with Crippen LogP contribution in [0.5, 0.6) is 0 Å². The molecule has 0 unspecified atom stereocenters. The van der Waals surface area contributed by atoms with Crippen molar-refractivity contribution < 1.29 is 0 Å². The zero-order chi connectivity index (χ0) is 20.4. The van der Waals surface area contributed by atoms with Gasteiger partial charge in [-0.05, 0) is 26.7 Å². The number of aryl methyl sites for hydroxylation is 1. The maximum Gasteiger partial charge on any atom is 0.332 e. The number of anilines is 1. The molecular formula is C20H32N6O2. The van der Waals surface area contributed by atoms with Crippen molar-refractivity contribution >= 4 is 22.8 Å². The van der Waals surface area contributed by atoms with Crippen LogP contribution in [0.3, 0.4) is 0 Å². The molecule has 0 saturated carbocycles. The molecule has 0 amide bonds. The minimum atomic E-state index is -0.299. The Labute approximate surface area is 165 Å². The lowest BCUT2D eigenvalue weighted by molar-refractivity contribution is 0.547. The standard InChI is InChI=1S/C20H32N6O2/c1-6-8-10-12-24-18(27)16-17(23(5)20(24)28)21-19-25(13-11-9-7-2)22-14(3)15(4)26(16)19/h15H,6-13H2,1-5H3/t15-/m1/s1. The summed E-state index contributed by atoms with van der Waals surface area (Å²) in [6.45, 7) is 9.47. The predicted molar refractivity (Wildman–Crippen MR) is 113 cm³/mol. The normalized spacial score (nSPS) is 16.5. The fourth-order valence-electron chi connectivity index (χ4n) is 3.76. The van der Waals surface area contributed by atoms with Crippen molar-refractivity contribution in [2.24, 2.45) is 12.1 Å². The summed E-state index contributed by atoms with van der Waals surface area (Å²) in [5, 5.41) is 6.59. The van der Waals surface area contributed by atoms with E-state index in [4.69, 9.17) is 5.10 Å². The van der Waals surface area contributed by atoms with Crippen LogP contribution in [0.25, 0.3) is 11.2 Å². The number of unbranched alkanes of at least 4 members (excludes halogenated alkanes) is 4. The number of hydrazone groups is 1. The van der Waals surface area contributed by atoms with Crippen molar-refractivity contribution in [3.8, 4) is 0 Å². The molecule has 2 aromatic rings. The summed E-state index contributed by atoms with van der Waals surface area (Å²) in [6.07, 6.45) is 6.09. The maximum atomic E-state index is 13.3. The van der Waals surface area contributed by atoms with E-state index in [2.05, 4.69) is 18.8 Å². The van der Waals surface area contributed by atoms with Crippen molar-refractivity contribution in [3.05, 3.63) is 20.8 Å². The zero-order valence-electron chi connectivity index (χ0n) is 17.7. The predicted octanol–water partition coefficient (Wildman–Crippen LogP) is 3.03. The second kappa shape index (κ2) is 8.32. The molecule has 3 heterocycles. The third-order valence-corrected chi connectivity index (χ3v) is 5.62. The molecule has 154 valence electrons. The Bertz CT molecular complexity index is 997. The molecule has 28 heavy (non-hydrogen) atoms. The van der Waals surface area contributed by atoms with Gasteiger partial charge >= 0.3 is 5.69 Å². The van der Waals surface area contributed by atoms with E-state index in [1.807, 2.05) is 23.4 Å². The van der Waals surface area contributed by atoms with E-state index in [0.29, 0.717) is 23.7 Å². The number of aromatic nitrogens is 4. The topological polar surface area (TPSA) is 77.4 Å². The minimum absolute atomic E-state index is 0.0725. The molecule has 3 rings (SSSR count). The number of nitrogens with zero attached hydrogens (tertiary/aromatic N) is 6. The van der Waals surface area contributed by atoms with E-state index in [-0.39, 0.29) is 17.3 Å². The highest BCUT2D eigenvalue weighted by Gasteiger charge is 2.30. The Kier molecular flexibility index (Phi) is 6.05. The summed E-state index contributed by atoms with van der Waals surface area (Å²) in [5.41, 5.74) is 1.33. The van der Waals surface area contributed by atoms with Gasteiger partial charge in [0.1, 0.15) is 0 Å². The van der Waals surface area contributed by atoms with E-state index < -0.39 is 0 Å². The van der Waals surface area contributed by atoms with Gasteiger partial charge in [0.2, 0.25) is 5.95 Å². The third-order valence-electron chi connectivity index (χ3n) is 5.62. The lowest BCUT2D eigenvalue weighted by Gasteiger charge is -2.29. The quantitative estimate of drug-likeness (QED) is 0.651. The lowest BCUT2D eigenvalue weighted by Crippen LogP contribution is -2.40. The van der Waals surface area contributed by atoms with Crippen LogP contribution >= 0.6 is 0 Å². The monoisotopic (exact) mass is 388 g/mol. The SMILES string of the molecule is CCCCCN1N=C(C)[C@@H](C)n2c1nc1c2c(=O)n(CCCCC)c(=O)n1C. The molecule has 1 aliphatic heterocycles. The maximum absolute atomic E-state index is 13.3. The van der Waals surface area contributed by atoms with Gasteiger partial charge in [-0.15, -0.1) is 0 Å². The van der Waals surface area contributed by atoms with Crippen molar-refractivity contribution in [3.63, 3.8) is 0 Å². The van der Waals surface area contributed by atoms with Gasteiger partial charge in [-0.3, -0.25) is 18.5 Å². The first-order chi connectivity index (χ1) is 13.4. The van der Waals surface area contributed by atoms with Gasteiger partial charge in [-0.25, -0.2) is 9.80 Å². The highest BCUT2D eigenvalue weighted by Crippen LogP contribution is 2.29. The Hall–Kier alpha value is -2.38. The smallest absolute Gasteiger partial charge is 0.294 e. The second-order valence-electron chi connectivity index (χ2n) is 7.71. The van der Waals surface area contributed by atoms with Gasteiger partial charge in [0, 0.05) is 20.1 Å². The number of hydrogen-bond acceptors (Lipinski definition) is 5. The highest BCUT2D eigenvalue weighted by atomic mass is 16.2. The summed E-state index contributed by atoms with van der Waals surface area (Å²) < 4.78 is 4.82. The molecule has 0 aliphatic carbocycles. The molecule has 8 heteroatoms. The molecular weight excluding hydrogens is 356 g/mol. The summed E-state index contributed by atoms with van der Waals surface area (Å²) in [4.78, 5) is 30.8. The van der Waals surface area contributed by atoms with Crippen LogP contribution in [0.15, 0.2) is 14.7 Å². The molecule has 1 atom stereocenters. The van der Waals surface area contributed by atoms with Gasteiger partial charge < -0.3 is 0 Å². The summed E-state index contributed by atoms with van der Waals surface area (Å²) in [6, 6.07) is -0.0725. The molecule has 2 aromatic heterocycles.